The summed E-state index contributed by atoms with van der Waals surface area (Å²) in [5.74, 6) is 1.51. The molecule has 19 heavy (non-hydrogen) atoms. The van der Waals surface area contributed by atoms with Crippen molar-refractivity contribution in [3.63, 3.8) is 0 Å². The molecule has 2 aromatic heterocycles. The van der Waals surface area contributed by atoms with Gasteiger partial charge in [0.2, 0.25) is 0 Å². The van der Waals surface area contributed by atoms with E-state index in [1.165, 1.54) is 11.3 Å². The van der Waals surface area contributed by atoms with E-state index in [9.17, 15) is 0 Å². The Morgan fingerprint density at radius 1 is 1.37 bits per heavy atom. The Morgan fingerprint density at radius 2 is 2.21 bits per heavy atom. The van der Waals surface area contributed by atoms with Gasteiger partial charge >= 0.3 is 0 Å². The maximum Gasteiger partial charge on any atom is 0.171 e. The van der Waals surface area contributed by atoms with E-state index in [1.807, 2.05) is 17.5 Å². The molecule has 0 spiro atoms. The lowest BCUT2D eigenvalue weighted by atomic mass is 10.3. The summed E-state index contributed by atoms with van der Waals surface area (Å²) in [4.78, 5) is 9.96. The van der Waals surface area contributed by atoms with Crippen LogP contribution in [0.3, 0.4) is 0 Å². The van der Waals surface area contributed by atoms with Gasteiger partial charge < -0.3 is 10.1 Å². The van der Waals surface area contributed by atoms with Crippen molar-refractivity contribution in [2.75, 3.05) is 19.0 Å². The lowest BCUT2D eigenvalue weighted by molar-refractivity contribution is 0.181. The number of ether oxygens (including phenoxy) is 1. The van der Waals surface area contributed by atoms with Crippen molar-refractivity contribution in [1.82, 2.24) is 9.97 Å². The quantitative estimate of drug-likeness (QED) is 0.880. The van der Waals surface area contributed by atoms with Crippen LogP contribution in [0.15, 0.2) is 17.5 Å². The third-order valence-electron chi connectivity index (χ3n) is 2.42. The smallest absolute Gasteiger partial charge is 0.171 e. The van der Waals surface area contributed by atoms with Gasteiger partial charge in [-0.05, 0) is 12.5 Å². The third kappa shape index (κ3) is 3.89. The summed E-state index contributed by atoms with van der Waals surface area (Å²) in [6.07, 6.45) is 1.05. The van der Waals surface area contributed by atoms with Crippen molar-refractivity contribution < 1.29 is 4.74 Å². The fraction of sp³-hybridized carbons (Fsp3) is 0.385. The van der Waals surface area contributed by atoms with Crippen LogP contribution in [0.2, 0.25) is 5.02 Å². The molecule has 0 unspecified atom stereocenters. The van der Waals surface area contributed by atoms with E-state index < -0.39 is 0 Å². The normalized spacial score (nSPS) is 10.7. The first kappa shape index (κ1) is 14.2. The van der Waals surface area contributed by atoms with Gasteiger partial charge in [-0.1, -0.05) is 18.5 Å². The molecule has 1 N–H and O–H groups in total. The number of halogens is 1. The molecule has 102 valence electrons. The minimum Gasteiger partial charge on any atom is -0.378 e. The Hall–Kier alpha value is -1.17. The summed E-state index contributed by atoms with van der Waals surface area (Å²) < 4.78 is 5.14. The standard InChI is InChI=1S/C13H16ClN3OS/c1-3-4-15-12-6-10(7-18-2)16-13(17-12)11-5-9(14)8-19-11/h5-6,8H,3-4,7H2,1-2H3,(H,15,16,17). The first-order valence-electron chi connectivity index (χ1n) is 6.08. The van der Waals surface area contributed by atoms with Crippen molar-refractivity contribution >= 4 is 28.8 Å². The number of nitrogens with zero attached hydrogens (tertiary/aromatic N) is 2. The first-order chi connectivity index (χ1) is 9.22. The minimum atomic E-state index is 0.468. The topological polar surface area (TPSA) is 47.0 Å². The van der Waals surface area contributed by atoms with Crippen LogP contribution < -0.4 is 5.32 Å². The lowest BCUT2D eigenvalue weighted by Crippen LogP contribution is -2.05. The van der Waals surface area contributed by atoms with Gasteiger partial charge in [-0.15, -0.1) is 11.3 Å². The van der Waals surface area contributed by atoms with Crippen LogP contribution in [0, 0.1) is 0 Å². The molecular formula is C13H16ClN3OS. The third-order valence-corrected chi connectivity index (χ3v) is 3.69. The Morgan fingerprint density at radius 3 is 2.84 bits per heavy atom. The number of methoxy groups -OCH3 is 1. The molecule has 0 aliphatic heterocycles. The monoisotopic (exact) mass is 297 g/mol. The Labute approximate surface area is 121 Å². The maximum absolute atomic E-state index is 5.95. The highest BCUT2D eigenvalue weighted by molar-refractivity contribution is 7.14. The highest BCUT2D eigenvalue weighted by atomic mass is 35.5. The fourth-order valence-corrected chi connectivity index (χ4v) is 2.61. The highest BCUT2D eigenvalue weighted by Gasteiger charge is 2.09. The second kappa shape index (κ2) is 6.84. The average molecular weight is 298 g/mol. The van der Waals surface area contributed by atoms with E-state index in [0.29, 0.717) is 17.5 Å². The molecule has 0 saturated heterocycles. The zero-order valence-electron chi connectivity index (χ0n) is 10.9. The van der Waals surface area contributed by atoms with Crippen LogP contribution >= 0.6 is 22.9 Å². The maximum atomic E-state index is 5.95. The lowest BCUT2D eigenvalue weighted by Gasteiger charge is -2.08. The van der Waals surface area contributed by atoms with Crippen molar-refractivity contribution in [2.45, 2.75) is 20.0 Å². The molecule has 4 nitrogen and oxygen atoms in total. The zero-order chi connectivity index (χ0) is 13.7. The summed E-state index contributed by atoms with van der Waals surface area (Å²) in [5.41, 5.74) is 0.857. The molecule has 2 rings (SSSR count). The number of hydrogen-bond acceptors (Lipinski definition) is 5. The van der Waals surface area contributed by atoms with Crippen LogP contribution in [-0.2, 0) is 11.3 Å². The zero-order valence-corrected chi connectivity index (χ0v) is 12.5. The second-order valence-corrected chi connectivity index (χ2v) is 5.40. The first-order valence-corrected chi connectivity index (χ1v) is 7.34. The summed E-state index contributed by atoms with van der Waals surface area (Å²) in [7, 11) is 1.66. The van der Waals surface area contributed by atoms with Crippen molar-refractivity contribution in [1.29, 1.82) is 0 Å². The van der Waals surface area contributed by atoms with Gasteiger partial charge in [0, 0.05) is 25.1 Å². The second-order valence-electron chi connectivity index (χ2n) is 4.06. The molecule has 0 amide bonds. The predicted octanol–water partition coefficient (Wildman–Crippen LogP) is 3.83. The van der Waals surface area contributed by atoms with Gasteiger partial charge in [-0.3, -0.25) is 0 Å². The molecule has 0 saturated carbocycles. The molecule has 6 heteroatoms. The fourth-order valence-electron chi connectivity index (χ4n) is 1.60. The largest absolute Gasteiger partial charge is 0.378 e. The minimum absolute atomic E-state index is 0.468. The summed E-state index contributed by atoms with van der Waals surface area (Å²) in [6, 6.07) is 3.79. The van der Waals surface area contributed by atoms with Gasteiger partial charge in [-0.2, -0.15) is 0 Å². The molecule has 0 atom stereocenters. The van der Waals surface area contributed by atoms with E-state index in [2.05, 4.69) is 22.2 Å². The molecule has 2 aromatic rings. The SMILES string of the molecule is CCCNc1cc(COC)nc(-c2cc(Cl)cs2)n1. The number of nitrogens with one attached hydrogen (secondary N) is 1. The molecule has 0 bridgehead atoms. The summed E-state index contributed by atoms with van der Waals surface area (Å²) in [5, 5.41) is 5.86. The highest BCUT2D eigenvalue weighted by Crippen LogP contribution is 2.28. The molecule has 0 radical (unpaired) electrons. The van der Waals surface area contributed by atoms with Crippen molar-refractivity contribution in [2.24, 2.45) is 0 Å². The number of thiophene rings is 1. The average Bonchev–Trinajstić information content (AvgIpc) is 2.83. The van der Waals surface area contributed by atoms with Gasteiger partial charge in [0.05, 0.1) is 22.2 Å². The van der Waals surface area contributed by atoms with Crippen LogP contribution in [-0.4, -0.2) is 23.6 Å². The van der Waals surface area contributed by atoms with E-state index >= 15 is 0 Å². The van der Waals surface area contributed by atoms with Gasteiger partial charge in [-0.25, -0.2) is 9.97 Å². The van der Waals surface area contributed by atoms with Crippen molar-refractivity contribution in [3.05, 3.63) is 28.2 Å². The molecule has 0 aliphatic rings. The van der Waals surface area contributed by atoms with Gasteiger partial charge in [0.15, 0.2) is 5.82 Å². The Balaban J connectivity index is 2.33. The van der Waals surface area contributed by atoms with E-state index in [-0.39, 0.29) is 0 Å². The molecule has 0 aromatic carbocycles. The van der Waals surface area contributed by atoms with Crippen LogP contribution in [0.5, 0.6) is 0 Å². The van der Waals surface area contributed by atoms with Crippen LogP contribution in [0.4, 0.5) is 5.82 Å². The van der Waals surface area contributed by atoms with Crippen LogP contribution in [0.25, 0.3) is 10.7 Å². The molecule has 0 aliphatic carbocycles. The van der Waals surface area contributed by atoms with Crippen LogP contribution in [0.1, 0.15) is 19.0 Å². The Kier molecular flexibility index (Phi) is 5.13. The molecule has 0 fully saturated rings. The summed E-state index contributed by atoms with van der Waals surface area (Å²) >= 11 is 7.49. The number of rotatable bonds is 6. The van der Waals surface area contributed by atoms with Gasteiger partial charge in [0.1, 0.15) is 5.82 Å². The molecular weight excluding hydrogens is 282 g/mol. The van der Waals surface area contributed by atoms with Gasteiger partial charge in [0.25, 0.3) is 0 Å². The Bertz CT molecular complexity index is 544. The predicted molar refractivity (Wildman–Crippen MR) is 79.8 cm³/mol. The van der Waals surface area contributed by atoms with E-state index in [4.69, 9.17) is 16.3 Å². The number of anilines is 1. The summed E-state index contributed by atoms with van der Waals surface area (Å²) in [6.45, 7) is 3.47. The van der Waals surface area contributed by atoms with Crippen molar-refractivity contribution in [3.8, 4) is 10.7 Å². The number of aromatic nitrogens is 2. The molecule has 2 heterocycles. The number of hydrogen-bond donors (Lipinski definition) is 1. The van der Waals surface area contributed by atoms with E-state index in [1.54, 1.807) is 7.11 Å². The van der Waals surface area contributed by atoms with E-state index in [0.717, 1.165) is 29.4 Å².